The van der Waals surface area contributed by atoms with Gasteiger partial charge < -0.3 is 14.5 Å². The number of halogens is 1. The lowest BCUT2D eigenvalue weighted by Crippen LogP contribution is -2.56. The van der Waals surface area contributed by atoms with E-state index >= 15 is 0 Å². The van der Waals surface area contributed by atoms with E-state index in [0.717, 1.165) is 17.4 Å². The number of rotatable bonds is 8. The van der Waals surface area contributed by atoms with Crippen LogP contribution in [0.15, 0.2) is 30.3 Å². The average Bonchev–Trinajstić information content (AvgIpc) is 3.36. The third-order valence-corrected chi connectivity index (χ3v) is 7.43. The quantitative estimate of drug-likeness (QED) is 0.548. The van der Waals surface area contributed by atoms with Crippen molar-refractivity contribution in [1.82, 2.24) is 15.1 Å². The number of nitrogens with zero attached hydrogens (tertiary/aromatic N) is 2. The molecule has 2 amide bonds. The number of thioether (sulfide) groups is 2. The van der Waals surface area contributed by atoms with E-state index in [1.165, 1.54) is 7.11 Å². The van der Waals surface area contributed by atoms with Crippen LogP contribution in [0.5, 0.6) is 0 Å². The maximum Gasteiger partial charge on any atom is 0.328 e. The number of carbonyl (C=O) groups excluding carboxylic acids is 3. The predicted molar refractivity (Wildman–Crippen MR) is 133 cm³/mol. The summed E-state index contributed by atoms with van der Waals surface area (Å²) in [7, 11) is 1.37. The van der Waals surface area contributed by atoms with Gasteiger partial charge in [-0.2, -0.15) is 11.8 Å². The van der Waals surface area contributed by atoms with Gasteiger partial charge in [0.2, 0.25) is 5.91 Å². The minimum atomic E-state index is -0.634. The van der Waals surface area contributed by atoms with E-state index in [2.05, 4.69) is 5.32 Å². The second-order valence-corrected chi connectivity index (χ2v) is 9.74. The van der Waals surface area contributed by atoms with Crippen LogP contribution in [0, 0.1) is 0 Å². The monoisotopic (exact) mass is 501 g/mol. The summed E-state index contributed by atoms with van der Waals surface area (Å²) < 4.78 is 5.08. The molecule has 10 heteroatoms. The van der Waals surface area contributed by atoms with Gasteiger partial charge in [-0.3, -0.25) is 14.9 Å². The van der Waals surface area contributed by atoms with Crippen LogP contribution < -0.4 is 5.32 Å². The summed E-state index contributed by atoms with van der Waals surface area (Å²) in [6.45, 7) is 1.17. The Kier molecular flexibility index (Phi) is 11.2. The molecule has 2 atom stereocenters. The Bertz CT molecular complexity index is 757. The molecule has 0 aliphatic carbocycles. The number of nitrogens with one attached hydrogen (secondary N) is 1. The molecule has 0 radical (unpaired) electrons. The van der Waals surface area contributed by atoms with Gasteiger partial charge in [-0.1, -0.05) is 18.2 Å². The molecule has 0 aromatic heterocycles. The Hall–Kier alpha value is -1.42. The van der Waals surface area contributed by atoms with Gasteiger partial charge >= 0.3 is 5.97 Å². The second kappa shape index (κ2) is 13.3. The van der Waals surface area contributed by atoms with Gasteiger partial charge in [0.25, 0.3) is 5.91 Å². The highest BCUT2D eigenvalue weighted by atomic mass is 35.5. The normalized spacial score (nSPS) is 19.7. The van der Waals surface area contributed by atoms with E-state index < -0.39 is 6.04 Å². The fourth-order valence-corrected chi connectivity index (χ4v) is 5.56. The number of esters is 1. The molecule has 0 spiro atoms. The number of benzene rings is 1. The molecule has 2 aliphatic heterocycles. The first-order valence-electron chi connectivity index (χ1n) is 10.6. The molecule has 2 fully saturated rings. The molecule has 0 bridgehead atoms. The zero-order chi connectivity index (χ0) is 22.2. The summed E-state index contributed by atoms with van der Waals surface area (Å²) in [6.07, 6.45) is 3.82. The van der Waals surface area contributed by atoms with E-state index in [1.54, 1.807) is 40.6 Å². The lowest BCUT2D eigenvalue weighted by molar-refractivity contribution is -0.147. The van der Waals surface area contributed by atoms with Crippen LogP contribution in [0.2, 0.25) is 0 Å². The number of hydrogen-bond acceptors (Lipinski definition) is 7. The maximum atomic E-state index is 13.5. The fraction of sp³-hybridized carbons (Fsp3) is 0.591. The predicted octanol–water partition coefficient (Wildman–Crippen LogP) is 2.50. The zero-order valence-electron chi connectivity index (χ0n) is 18.5. The number of amides is 2. The van der Waals surface area contributed by atoms with Crippen LogP contribution in [0.25, 0.3) is 0 Å². The van der Waals surface area contributed by atoms with E-state index in [0.29, 0.717) is 37.9 Å². The lowest BCUT2D eigenvalue weighted by Gasteiger charge is -2.42. The van der Waals surface area contributed by atoms with Crippen LogP contribution in [0.1, 0.15) is 29.6 Å². The average molecular weight is 502 g/mol. The van der Waals surface area contributed by atoms with E-state index in [-0.39, 0.29) is 42.3 Å². The van der Waals surface area contributed by atoms with Gasteiger partial charge in [-0.05, 0) is 43.4 Å². The molecule has 1 aromatic rings. The number of carbonyl (C=O) groups is 3. The maximum absolute atomic E-state index is 13.5. The first kappa shape index (κ1) is 26.8. The molecule has 1 aromatic carbocycles. The van der Waals surface area contributed by atoms with Crippen molar-refractivity contribution in [3.8, 4) is 0 Å². The topological polar surface area (TPSA) is 79.0 Å². The Balaban J connectivity index is 0.00000363. The van der Waals surface area contributed by atoms with Gasteiger partial charge in [0.1, 0.15) is 6.04 Å². The minimum Gasteiger partial charge on any atom is -0.467 e. The molecule has 3 rings (SSSR count). The van der Waals surface area contributed by atoms with Gasteiger partial charge in [-0.25, -0.2) is 4.79 Å². The van der Waals surface area contributed by atoms with Crippen molar-refractivity contribution in [3.05, 3.63) is 35.9 Å². The summed E-state index contributed by atoms with van der Waals surface area (Å²) in [5, 5.41) is 3.24. The second-order valence-electron chi connectivity index (χ2n) is 7.73. The summed E-state index contributed by atoms with van der Waals surface area (Å²) in [5.41, 5.74) is 0.561. The molecular weight excluding hydrogens is 470 g/mol. The highest BCUT2D eigenvalue weighted by molar-refractivity contribution is 7.99. The third kappa shape index (κ3) is 6.56. The molecule has 1 N–H and O–H groups in total. The zero-order valence-corrected chi connectivity index (χ0v) is 21.0. The molecule has 32 heavy (non-hydrogen) atoms. The summed E-state index contributed by atoms with van der Waals surface area (Å²) >= 11 is 3.37. The Morgan fingerprint density at radius 2 is 1.94 bits per heavy atom. The highest BCUT2D eigenvalue weighted by Gasteiger charge is 2.39. The summed E-state index contributed by atoms with van der Waals surface area (Å²) in [4.78, 5) is 42.6. The number of methoxy groups -OCH3 is 1. The van der Waals surface area contributed by atoms with Crippen molar-refractivity contribution in [3.63, 3.8) is 0 Å². The molecule has 178 valence electrons. The van der Waals surface area contributed by atoms with E-state index in [9.17, 15) is 14.4 Å². The van der Waals surface area contributed by atoms with Crippen LogP contribution >= 0.6 is 35.9 Å². The number of piperidine rings is 1. The number of ether oxygens (including phenoxy) is 1. The molecule has 2 saturated heterocycles. The van der Waals surface area contributed by atoms with Crippen LogP contribution in [-0.2, 0) is 14.3 Å². The largest absolute Gasteiger partial charge is 0.467 e. The third-order valence-electron chi connectivity index (χ3n) is 5.84. The first-order chi connectivity index (χ1) is 15.1. The summed E-state index contributed by atoms with van der Waals surface area (Å²) in [5.74, 6) is 1.95. The van der Waals surface area contributed by atoms with Crippen molar-refractivity contribution in [1.29, 1.82) is 0 Å². The highest BCUT2D eigenvalue weighted by Crippen LogP contribution is 2.25. The van der Waals surface area contributed by atoms with E-state index in [4.69, 9.17) is 4.74 Å². The van der Waals surface area contributed by atoms with Gasteiger partial charge in [-0.15, -0.1) is 24.2 Å². The Morgan fingerprint density at radius 1 is 1.25 bits per heavy atom. The van der Waals surface area contributed by atoms with Crippen molar-refractivity contribution >= 4 is 53.7 Å². The Morgan fingerprint density at radius 3 is 2.50 bits per heavy atom. The molecular formula is C22H32ClN3O4S2. The van der Waals surface area contributed by atoms with Crippen molar-refractivity contribution in [2.45, 2.75) is 37.4 Å². The molecule has 2 aliphatic rings. The van der Waals surface area contributed by atoms with Crippen LogP contribution in [0.3, 0.4) is 0 Å². The standard InChI is InChI=1S/C22H31N3O4S2.ClH/c1-29-22(28)19(10-13-30-2)25(20(26)16-6-4-3-5-7-16)17-8-11-24(12-9-17)21(27)18-14-31-15-23-18;/h3-7,17-19,23H,8-15H2,1-2H3;1H. The first-order valence-corrected chi connectivity index (χ1v) is 13.2. The summed E-state index contributed by atoms with van der Waals surface area (Å²) in [6, 6.07) is 8.21. The minimum absolute atomic E-state index is 0. The van der Waals surface area contributed by atoms with E-state index in [1.807, 2.05) is 29.4 Å². The van der Waals surface area contributed by atoms with Crippen LogP contribution in [0.4, 0.5) is 0 Å². The number of hydrogen-bond donors (Lipinski definition) is 1. The Labute approximate surface area is 204 Å². The van der Waals surface area contributed by atoms with Crippen molar-refractivity contribution in [2.24, 2.45) is 0 Å². The van der Waals surface area contributed by atoms with Gasteiger partial charge in [0, 0.05) is 36.3 Å². The molecule has 2 heterocycles. The molecule has 2 unspecified atom stereocenters. The van der Waals surface area contributed by atoms with Gasteiger partial charge in [0.05, 0.1) is 13.2 Å². The molecule has 0 saturated carbocycles. The molecule has 7 nitrogen and oxygen atoms in total. The SMILES string of the molecule is COC(=O)C(CCSC)N(C(=O)c1ccccc1)C1CCN(C(=O)C2CSCN2)CC1.Cl. The lowest BCUT2D eigenvalue weighted by atomic mass is 9.98. The smallest absolute Gasteiger partial charge is 0.328 e. The fourth-order valence-electron chi connectivity index (χ4n) is 4.17. The van der Waals surface area contributed by atoms with Crippen molar-refractivity contribution < 1.29 is 19.1 Å². The van der Waals surface area contributed by atoms with Crippen molar-refractivity contribution in [2.75, 3.05) is 43.8 Å². The van der Waals surface area contributed by atoms with Crippen LogP contribution in [-0.4, -0.2) is 89.5 Å². The number of likely N-dealkylation sites (tertiary alicyclic amines) is 1. The van der Waals surface area contributed by atoms with Gasteiger partial charge in [0.15, 0.2) is 0 Å².